The molecule has 5 heteroatoms. The van der Waals surface area contributed by atoms with E-state index >= 15 is 0 Å². The van der Waals surface area contributed by atoms with E-state index in [1.807, 2.05) is 0 Å². The lowest BCUT2D eigenvalue weighted by Gasteiger charge is -2.17. The molecule has 108 valence electrons. The summed E-state index contributed by atoms with van der Waals surface area (Å²) >= 11 is 0. The highest BCUT2D eigenvalue weighted by Crippen LogP contribution is 2.28. The lowest BCUT2D eigenvalue weighted by Crippen LogP contribution is -2.12. The predicted octanol–water partition coefficient (Wildman–Crippen LogP) is 2.87. The minimum Gasteiger partial charge on any atom is -0.385 e. The second kappa shape index (κ2) is 8.69. The Balaban J connectivity index is 2.68. The van der Waals surface area contributed by atoms with Crippen molar-refractivity contribution in [2.24, 2.45) is 0 Å². The van der Waals surface area contributed by atoms with E-state index in [0.29, 0.717) is 5.92 Å². The number of methoxy groups -OCH3 is 1. The maximum atomic E-state index is 5.04. The van der Waals surface area contributed by atoms with Crippen LogP contribution in [-0.2, 0) is 4.74 Å². The molecule has 0 bridgehead atoms. The number of nitrogens with one attached hydrogen (secondary N) is 2. The van der Waals surface area contributed by atoms with Crippen LogP contribution in [0.5, 0.6) is 0 Å². The van der Waals surface area contributed by atoms with Gasteiger partial charge in [0, 0.05) is 32.4 Å². The predicted molar refractivity (Wildman–Crippen MR) is 79.9 cm³/mol. The van der Waals surface area contributed by atoms with Crippen molar-refractivity contribution in [3.05, 3.63) is 11.9 Å². The fraction of sp³-hybridized carbons (Fsp3) is 0.714. The largest absolute Gasteiger partial charge is 0.385 e. The van der Waals surface area contributed by atoms with E-state index in [2.05, 4.69) is 41.4 Å². The molecule has 0 radical (unpaired) electrons. The smallest absolute Gasteiger partial charge is 0.134 e. The van der Waals surface area contributed by atoms with Crippen LogP contribution in [0, 0.1) is 0 Å². The Hall–Kier alpha value is -1.36. The van der Waals surface area contributed by atoms with Crippen LogP contribution in [0.15, 0.2) is 6.33 Å². The summed E-state index contributed by atoms with van der Waals surface area (Å²) in [6.07, 6.45) is 3.75. The van der Waals surface area contributed by atoms with Crippen molar-refractivity contribution in [1.29, 1.82) is 0 Å². The molecule has 0 spiro atoms. The molecule has 0 unspecified atom stereocenters. The first-order valence-corrected chi connectivity index (χ1v) is 7.02. The molecule has 0 amide bonds. The summed E-state index contributed by atoms with van der Waals surface area (Å²) in [4.78, 5) is 8.69. The number of rotatable bonds is 9. The van der Waals surface area contributed by atoms with E-state index in [0.717, 1.165) is 49.7 Å². The lowest BCUT2D eigenvalue weighted by molar-refractivity contribution is 0.194. The maximum absolute atomic E-state index is 5.04. The lowest BCUT2D eigenvalue weighted by atomic mass is 10.0. The highest BCUT2D eigenvalue weighted by Gasteiger charge is 2.13. The van der Waals surface area contributed by atoms with E-state index in [1.54, 1.807) is 13.4 Å². The second-order valence-corrected chi connectivity index (χ2v) is 4.80. The minimum absolute atomic E-state index is 0.386. The van der Waals surface area contributed by atoms with E-state index in [4.69, 9.17) is 4.74 Å². The minimum atomic E-state index is 0.386. The highest BCUT2D eigenvalue weighted by molar-refractivity contribution is 5.58. The molecule has 0 saturated carbocycles. The summed E-state index contributed by atoms with van der Waals surface area (Å²) in [5, 5.41) is 6.70. The fourth-order valence-electron chi connectivity index (χ4n) is 1.97. The third kappa shape index (κ3) is 5.03. The summed E-state index contributed by atoms with van der Waals surface area (Å²) in [5.74, 6) is 2.27. The van der Waals surface area contributed by atoms with Crippen LogP contribution < -0.4 is 10.6 Å². The molecule has 1 aromatic heterocycles. The van der Waals surface area contributed by atoms with Crippen LogP contribution in [0.1, 0.15) is 45.1 Å². The summed E-state index contributed by atoms with van der Waals surface area (Å²) in [6.45, 7) is 8.98. The van der Waals surface area contributed by atoms with E-state index in [9.17, 15) is 0 Å². The van der Waals surface area contributed by atoms with Crippen molar-refractivity contribution in [3.63, 3.8) is 0 Å². The summed E-state index contributed by atoms with van der Waals surface area (Å²) in [6, 6.07) is 0. The number of unbranched alkanes of at least 4 members (excludes halogenated alkanes) is 1. The molecule has 0 aliphatic carbocycles. The Kier molecular flexibility index (Phi) is 7.18. The number of hydrogen-bond acceptors (Lipinski definition) is 5. The molecule has 2 N–H and O–H groups in total. The zero-order chi connectivity index (χ0) is 14.1. The Bertz CT molecular complexity index is 368. The van der Waals surface area contributed by atoms with Crippen LogP contribution in [-0.4, -0.2) is 36.8 Å². The van der Waals surface area contributed by atoms with E-state index in [1.165, 1.54) is 0 Å². The molecule has 0 aliphatic rings. The second-order valence-electron chi connectivity index (χ2n) is 4.80. The molecule has 0 saturated heterocycles. The maximum Gasteiger partial charge on any atom is 0.134 e. The first kappa shape index (κ1) is 15.7. The monoisotopic (exact) mass is 266 g/mol. The first-order valence-electron chi connectivity index (χ1n) is 7.02. The molecule has 0 atom stereocenters. The van der Waals surface area contributed by atoms with Crippen LogP contribution in [0.25, 0.3) is 0 Å². The fourth-order valence-corrected chi connectivity index (χ4v) is 1.97. The van der Waals surface area contributed by atoms with Crippen molar-refractivity contribution in [3.8, 4) is 0 Å². The van der Waals surface area contributed by atoms with Gasteiger partial charge < -0.3 is 15.4 Å². The van der Waals surface area contributed by atoms with Crippen molar-refractivity contribution >= 4 is 11.6 Å². The Morgan fingerprint density at radius 1 is 1.16 bits per heavy atom. The van der Waals surface area contributed by atoms with E-state index < -0.39 is 0 Å². The van der Waals surface area contributed by atoms with Gasteiger partial charge in [0.1, 0.15) is 18.0 Å². The first-order chi connectivity index (χ1) is 9.20. The molecule has 19 heavy (non-hydrogen) atoms. The molecule has 1 heterocycles. The van der Waals surface area contributed by atoms with Gasteiger partial charge in [-0.25, -0.2) is 9.97 Å². The van der Waals surface area contributed by atoms with Gasteiger partial charge in [-0.15, -0.1) is 0 Å². The number of aromatic nitrogens is 2. The van der Waals surface area contributed by atoms with Gasteiger partial charge in [-0.05, 0) is 25.7 Å². The third-order valence-corrected chi connectivity index (χ3v) is 2.87. The number of nitrogens with zero attached hydrogens (tertiary/aromatic N) is 2. The average molecular weight is 266 g/mol. The van der Waals surface area contributed by atoms with Crippen molar-refractivity contribution in [1.82, 2.24) is 9.97 Å². The Labute approximate surface area is 116 Å². The van der Waals surface area contributed by atoms with Gasteiger partial charge in [-0.3, -0.25) is 0 Å². The number of hydrogen-bond donors (Lipinski definition) is 2. The van der Waals surface area contributed by atoms with Crippen molar-refractivity contribution in [2.45, 2.75) is 39.5 Å². The van der Waals surface area contributed by atoms with E-state index in [-0.39, 0.29) is 0 Å². The van der Waals surface area contributed by atoms with Gasteiger partial charge in [0.25, 0.3) is 0 Å². The number of anilines is 2. The van der Waals surface area contributed by atoms with Crippen molar-refractivity contribution < 1.29 is 4.74 Å². The average Bonchev–Trinajstić information content (AvgIpc) is 2.38. The molecular weight excluding hydrogens is 240 g/mol. The summed E-state index contributed by atoms with van der Waals surface area (Å²) < 4.78 is 5.04. The van der Waals surface area contributed by atoms with Gasteiger partial charge in [0.2, 0.25) is 0 Å². The molecule has 5 nitrogen and oxygen atoms in total. The van der Waals surface area contributed by atoms with Crippen molar-refractivity contribution in [2.75, 3.05) is 37.4 Å². The zero-order valence-corrected chi connectivity index (χ0v) is 12.5. The standard InChI is InChI=1S/C14H26N4O/c1-5-15-13-12(11(2)3)14(18-10-17-13)16-8-6-7-9-19-4/h10-11H,5-9H2,1-4H3,(H2,15,16,17,18). The van der Waals surface area contributed by atoms with Crippen LogP contribution in [0.2, 0.25) is 0 Å². The van der Waals surface area contributed by atoms with Gasteiger partial charge in [-0.2, -0.15) is 0 Å². The molecular formula is C14H26N4O. The molecule has 1 rings (SSSR count). The summed E-state index contributed by atoms with van der Waals surface area (Å²) in [7, 11) is 1.73. The topological polar surface area (TPSA) is 59.1 Å². The molecule has 0 fully saturated rings. The molecule has 0 aliphatic heterocycles. The Morgan fingerprint density at radius 3 is 2.42 bits per heavy atom. The Morgan fingerprint density at radius 2 is 1.84 bits per heavy atom. The van der Waals surface area contributed by atoms with Gasteiger partial charge in [-0.1, -0.05) is 13.8 Å². The number of ether oxygens (including phenoxy) is 1. The van der Waals surface area contributed by atoms with Gasteiger partial charge >= 0.3 is 0 Å². The van der Waals surface area contributed by atoms with Gasteiger partial charge in [0.05, 0.1) is 0 Å². The van der Waals surface area contributed by atoms with Gasteiger partial charge in [0.15, 0.2) is 0 Å². The third-order valence-electron chi connectivity index (χ3n) is 2.87. The molecule has 0 aromatic carbocycles. The SMILES string of the molecule is CCNc1ncnc(NCCCCOC)c1C(C)C. The van der Waals surface area contributed by atoms with Crippen LogP contribution in [0.3, 0.4) is 0 Å². The highest BCUT2D eigenvalue weighted by atomic mass is 16.5. The van der Waals surface area contributed by atoms with Crippen LogP contribution in [0.4, 0.5) is 11.6 Å². The quantitative estimate of drug-likeness (QED) is 0.673. The normalized spacial score (nSPS) is 10.8. The van der Waals surface area contributed by atoms with Crippen LogP contribution >= 0.6 is 0 Å². The molecule has 1 aromatic rings. The zero-order valence-electron chi connectivity index (χ0n) is 12.5. The summed E-state index contributed by atoms with van der Waals surface area (Å²) in [5.41, 5.74) is 1.16.